The lowest BCUT2D eigenvalue weighted by Crippen LogP contribution is -1.99. The SMILES string of the molecule is CNc1nccc(Nc2ccc3ncccc3c2)n1. The van der Waals surface area contributed by atoms with E-state index in [9.17, 15) is 0 Å². The molecule has 1 aromatic carbocycles. The van der Waals surface area contributed by atoms with Gasteiger partial charge in [0.2, 0.25) is 5.95 Å². The van der Waals surface area contributed by atoms with Crippen molar-refractivity contribution in [3.8, 4) is 0 Å². The average Bonchev–Trinajstić information content (AvgIpc) is 2.47. The topological polar surface area (TPSA) is 62.7 Å². The van der Waals surface area contributed by atoms with Crippen molar-refractivity contribution in [1.29, 1.82) is 0 Å². The minimum Gasteiger partial charge on any atom is -0.357 e. The number of nitrogens with zero attached hydrogens (tertiary/aromatic N) is 3. The van der Waals surface area contributed by atoms with Gasteiger partial charge in [-0.15, -0.1) is 0 Å². The molecule has 0 atom stereocenters. The first-order valence-electron chi connectivity index (χ1n) is 5.98. The zero-order chi connectivity index (χ0) is 13.1. The maximum absolute atomic E-state index is 4.32. The summed E-state index contributed by atoms with van der Waals surface area (Å²) in [5.74, 6) is 1.34. The number of rotatable bonds is 3. The summed E-state index contributed by atoms with van der Waals surface area (Å²) in [7, 11) is 1.79. The van der Waals surface area contributed by atoms with E-state index in [2.05, 4.69) is 25.6 Å². The predicted octanol–water partition coefficient (Wildman–Crippen LogP) is 2.81. The molecule has 3 rings (SSSR count). The van der Waals surface area contributed by atoms with E-state index in [0.717, 1.165) is 22.4 Å². The highest BCUT2D eigenvalue weighted by Crippen LogP contribution is 2.20. The monoisotopic (exact) mass is 251 g/mol. The molecule has 2 N–H and O–H groups in total. The van der Waals surface area contributed by atoms with Crippen LogP contribution in [0.25, 0.3) is 10.9 Å². The Kier molecular flexibility index (Phi) is 2.94. The van der Waals surface area contributed by atoms with Crippen LogP contribution in [0, 0.1) is 0 Å². The number of pyridine rings is 1. The molecule has 0 spiro atoms. The third kappa shape index (κ3) is 2.44. The van der Waals surface area contributed by atoms with Gasteiger partial charge in [-0.25, -0.2) is 4.98 Å². The number of hydrogen-bond acceptors (Lipinski definition) is 5. The van der Waals surface area contributed by atoms with Crippen LogP contribution in [0.1, 0.15) is 0 Å². The Morgan fingerprint density at radius 3 is 2.84 bits per heavy atom. The van der Waals surface area contributed by atoms with Crippen LogP contribution < -0.4 is 10.6 Å². The Balaban J connectivity index is 1.92. The fourth-order valence-corrected chi connectivity index (χ4v) is 1.85. The molecular formula is C14H13N5. The summed E-state index contributed by atoms with van der Waals surface area (Å²) in [5.41, 5.74) is 1.95. The van der Waals surface area contributed by atoms with Gasteiger partial charge in [-0.1, -0.05) is 6.07 Å². The normalized spacial score (nSPS) is 10.4. The molecule has 0 bridgehead atoms. The van der Waals surface area contributed by atoms with Crippen molar-refractivity contribution in [3.63, 3.8) is 0 Å². The summed E-state index contributed by atoms with van der Waals surface area (Å²) < 4.78 is 0. The number of anilines is 3. The maximum Gasteiger partial charge on any atom is 0.224 e. The smallest absolute Gasteiger partial charge is 0.224 e. The largest absolute Gasteiger partial charge is 0.357 e. The van der Waals surface area contributed by atoms with Gasteiger partial charge in [-0.05, 0) is 30.3 Å². The zero-order valence-corrected chi connectivity index (χ0v) is 10.5. The van der Waals surface area contributed by atoms with Crippen molar-refractivity contribution in [2.45, 2.75) is 0 Å². The molecule has 5 nitrogen and oxygen atoms in total. The standard InChI is InChI=1S/C14H13N5/c1-15-14-17-8-6-13(19-14)18-11-4-5-12-10(9-11)3-2-7-16-12/h2-9H,1H3,(H2,15,17,18,19). The minimum absolute atomic E-state index is 0.590. The summed E-state index contributed by atoms with van der Waals surface area (Å²) in [5, 5.41) is 7.26. The quantitative estimate of drug-likeness (QED) is 0.749. The van der Waals surface area contributed by atoms with E-state index in [-0.39, 0.29) is 0 Å². The van der Waals surface area contributed by atoms with Crippen LogP contribution in [0.2, 0.25) is 0 Å². The molecule has 0 aliphatic rings. The second-order valence-electron chi connectivity index (χ2n) is 4.05. The molecule has 94 valence electrons. The summed E-state index contributed by atoms with van der Waals surface area (Å²) >= 11 is 0. The van der Waals surface area contributed by atoms with Gasteiger partial charge in [0.25, 0.3) is 0 Å². The lowest BCUT2D eigenvalue weighted by molar-refractivity contribution is 1.15. The zero-order valence-electron chi connectivity index (χ0n) is 10.5. The summed E-state index contributed by atoms with van der Waals surface area (Å²) in [6.45, 7) is 0. The highest BCUT2D eigenvalue weighted by molar-refractivity contribution is 5.83. The second kappa shape index (κ2) is 4.89. The van der Waals surface area contributed by atoms with Gasteiger partial charge in [0.1, 0.15) is 5.82 Å². The van der Waals surface area contributed by atoms with Crippen LogP contribution in [-0.4, -0.2) is 22.0 Å². The Bertz CT molecular complexity index is 711. The molecular weight excluding hydrogens is 238 g/mol. The molecule has 0 saturated carbocycles. The Hall–Kier alpha value is -2.69. The van der Waals surface area contributed by atoms with Gasteiger partial charge >= 0.3 is 0 Å². The first kappa shape index (κ1) is 11.4. The molecule has 0 aliphatic heterocycles. The highest BCUT2D eigenvalue weighted by atomic mass is 15.1. The second-order valence-corrected chi connectivity index (χ2v) is 4.05. The molecule has 0 aliphatic carbocycles. The van der Waals surface area contributed by atoms with Crippen molar-refractivity contribution in [2.75, 3.05) is 17.7 Å². The first-order valence-corrected chi connectivity index (χ1v) is 5.98. The van der Waals surface area contributed by atoms with E-state index in [1.807, 2.05) is 36.4 Å². The number of aromatic nitrogens is 3. The molecule has 2 heterocycles. The van der Waals surface area contributed by atoms with Crippen LogP contribution in [-0.2, 0) is 0 Å². The molecule has 0 fully saturated rings. The predicted molar refractivity (Wildman–Crippen MR) is 76.6 cm³/mol. The van der Waals surface area contributed by atoms with Crippen molar-refractivity contribution in [1.82, 2.24) is 15.0 Å². The van der Waals surface area contributed by atoms with E-state index in [1.165, 1.54) is 0 Å². The minimum atomic E-state index is 0.590. The summed E-state index contributed by atoms with van der Waals surface area (Å²) in [6.07, 6.45) is 3.50. The van der Waals surface area contributed by atoms with Crippen LogP contribution in [0.4, 0.5) is 17.5 Å². The van der Waals surface area contributed by atoms with Crippen molar-refractivity contribution >= 4 is 28.4 Å². The molecule has 2 aromatic heterocycles. The first-order chi connectivity index (χ1) is 9.35. The third-order valence-electron chi connectivity index (χ3n) is 2.75. The van der Waals surface area contributed by atoms with E-state index in [1.54, 1.807) is 19.4 Å². The fraction of sp³-hybridized carbons (Fsp3) is 0.0714. The number of fused-ring (bicyclic) bond motifs is 1. The summed E-state index contributed by atoms with van der Waals surface area (Å²) in [4.78, 5) is 12.7. The fourth-order valence-electron chi connectivity index (χ4n) is 1.85. The van der Waals surface area contributed by atoms with Crippen LogP contribution in [0.15, 0.2) is 48.8 Å². The number of hydrogen-bond donors (Lipinski definition) is 2. The molecule has 5 heteroatoms. The van der Waals surface area contributed by atoms with Crippen molar-refractivity contribution in [3.05, 3.63) is 48.8 Å². The van der Waals surface area contributed by atoms with Crippen LogP contribution in [0.3, 0.4) is 0 Å². The number of benzene rings is 1. The van der Waals surface area contributed by atoms with Gasteiger partial charge in [0.05, 0.1) is 5.52 Å². The van der Waals surface area contributed by atoms with Crippen LogP contribution >= 0.6 is 0 Å². The van der Waals surface area contributed by atoms with Gasteiger partial charge in [-0.2, -0.15) is 4.98 Å². The third-order valence-corrected chi connectivity index (χ3v) is 2.75. The van der Waals surface area contributed by atoms with Crippen LogP contribution in [0.5, 0.6) is 0 Å². The van der Waals surface area contributed by atoms with E-state index in [0.29, 0.717) is 5.95 Å². The van der Waals surface area contributed by atoms with Crippen molar-refractivity contribution in [2.24, 2.45) is 0 Å². The number of nitrogens with one attached hydrogen (secondary N) is 2. The molecule has 0 radical (unpaired) electrons. The Labute approximate surface area is 110 Å². The Morgan fingerprint density at radius 1 is 1.00 bits per heavy atom. The van der Waals surface area contributed by atoms with Gasteiger partial charge in [0.15, 0.2) is 0 Å². The molecule has 0 saturated heterocycles. The van der Waals surface area contributed by atoms with Crippen molar-refractivity contribution < 1.29 is 0 Å². The molecule has 0 amide bonds. The average molecular weight is 251 g/mol. The van der Waals surface area contributed by atoms with Gasteiger partial charge in [-0.3, -0.25) is 4.98 Å². The molecule has 19 heavy (non-hydrogen) atoms. The Morgan fingerprint density at radius 2 is 1.95 bits per heavy atom. The summed E-state index contributed by atoms with van der Waals surface area (Å²) in [6, 6.07) is 11.8. The highest BCUT2D eigenvalue weighted by Gasteiger charge is 2.00. The van der Waals surface area contributed by atoms with E-state index >= 15 is 0 Å². The lowest BCUT2D eigenvalue weighted by atomic mass is 10.2. The maximum atomic E-state index is 4.32. The van der Waals surface area contributed by atoms with E-state index in [4.69, 9.17) is 0 Å². The van der Waals surface area contributed by atoms with Gasteiger partial charge < -0.3 is 10.6 Å². The van der Waals surface area contributed by atoms with E-state index < -0.39 is 0 Å². The molecule has 0 unspecified atom stereocenters. The molecule has 3 aromatic rings. The lowest BCUT2D eigenvalue weighted by Gasteiger charge is -2.07. The van der Waals surface area contributed by atoms with Gasteiger partial charge in [0, 0.05) is 30.5 Å².